The van der Waals surface area contributed by atoms with Crippen molar-refractivity contribution < 1.29 is 9.90 Å². The van der Waals surface area contributed by atoms with Gasteiger partial charge in [-0.15, -0.1) is 0 Å². The molecule has 2 N–H and O–H groups in total. The van der Waals surface area contributed by atoms with Crippen molar-refractivity contribution in [3.8, 4) is 0 Å². The number of nitrogens with zero attached hydrogens (tertiary/aromatic N) is 1. The second-order valence-corrected chi connectivity index (χ2v) is 4.00. The van der Waals surface area contributed by atoms with Gasteiger partial charge in [-0.2, -0.15) is 0 Å². The van der Waals surface area contributed by atoms with Crippen LogP contribution in [0.4, 0.5) is 0 Å². The Labute approximate surface area is 77.9 Å². The zero-order valence-corrected chi connectivity index (χ0v) is 7.70. The molecule has 74 valence electrons. The van der Waals surface area contributed by atoms with E-state index in [1.54, 1.807) is 0 Å². The molecule has 1 aliphatic carbocycles. The molecule has 0 aromatic rings. The van der Waals surface area contributed by atoms with Crippen molar-refractivity contribution in [2.45, 2.75) is 18.9 Å². The molecule has 1 aliphatic heterocycles. The maximum Gasteiger partial charge on any atom is 0.322 e. The summed E-state index contributed by atoms with van der Waals surface area (Å²) in [6.45, 7) is 3.39. The van der Waals surface area contributed by atoms with Gasteiger partial charge in [0.2, 0.25) is 0 Å². The zero-order valence-electron chi connectivity index (χ0n) is 7.70. The molecule has 0 amide bonds. The fourth-order valence-electron chi connectivity index (χ4n) is 1.84. The average molecular weight is 184 g/mol. The van der Waals surface area contributed by atoms with E-state index in [2.05, 4.69) is 10.2 Å². The third-order valence-electron chi connectivity index (χ3n) is 2.83. The van der Waals surface area contributed by atoms with Gasteiger partial charge in [0.25, 0.3) is 0 Å². The van der Waals surface area contributed by atoms with Gasteiger partial charge in [-0.05, 0) is 18.8 Å². The Morgan fingerprint density at radius 3 is 2.92 bits per heavy atom. The predicted octanol–water partition coefficient (Wildman–Crippen LogP) is -0.245. The normalized spacial score (nSPS) is 30.3. The lowest BCUT2D eigenvalue weighted by molar-refractivity contribution is -0.144. The Morgan fingerprint density at radius 2 is 2.31 bits per heavy atom. The van der Waals surface area contributed by atoms with Crippen LogP contribution in [0.1, 0.15) is 12.8 Å². The van der Waals surface area contributed by atoms with Crippen molar-refractivity contribution in [2.75, 3.05) is 26.2 Å². The van der Waals surface area contributed by atoms with E-state index in [0.717, 1.165) is 25.6 Å². The van der Waals surface area contributed by atoms with E-state index < -0.39 is 5.97 Å². The Balaban J connectivity index is 1.90. The Hall–Kier alpha value is -0.610. The zero-order chi connectivity index (χ0) is 9.26. The molecule has 1 atom stereocenters. The molecule has 0 radical (unpaired) electrons. The quantitative estimate of drug-likeness (QED) is 0.635. The fourth-order valence-corrected chi connectivity index (χ4v) is 1.84. The first-order valence-electron chi connectivity index (χ1n) is 4.95. The smallest absolute Gasteiger partial charge is 0.322 e. The molecule has 1 saturated heterocycles. The molecule has 4 heteroatoms. The van der Waals surface area contributed by atoms with Gasteiger partial charge >= 0.3 is 5.97 Å². The third-order valence-corrected chi connectivity index (χ3v) is 2.83. The van der Waals surface area contributed by atoms with Crippen molar-refractivity contribution in [3.05, 3.63) is 0 Å². The topological polar surface area (TPSA) is 52.6 Å². The van der Waals surface area contributed by atoms with Crippen LogP contribution in [0.15, 0.2) is 0 Å². The largest absolute Gasteiger partial charge is 0.480 e. The summed E-state index contributed by atoms with van der Waals surface area (Å²) in [6, 6.07) is -0.297. The number of aliphatic carboxylic acids is 1. The molecule has 0 aromatic carbocycles. The van der Waals surface area contributed by atoms with E-state index in [0.29, 0.717) is 6.54 Å². The van der Waals surface area contributed by atoms with Gasteiger partial charge in [-0.25, -0.2) is 0 Å². The fraction of sp³-hybridized carbons (Fsp3) is 0.889. The molecule has 1 unspecified atom stereocenters. The average Bonchev–Trinajstić information content (AvgIpc) is 2.89. The van der Waals surface area contributed by atoms with Crippen LogP contribution in [0, 0.1) is 5.92 Å². The highest BCUT2D eigenvalue weighted by atomic mass is 16.4. The molecule has 2 fully saturated rings. The lowest BCUT2D eigenvalue weighted by Crippen LogP contribution is -2.55. The molecule has 2 rings (SSSR count). The Kier molecular flexibility index (Phi) is 2.51. The number of carboxylic acids is 1. The first-order chi connectivity index (χ1) is 6.27. The number of carboxylic acid groups (broad SMARTS) is 1. The van der Waals surface area contributed by atoms with Crippen LogP contribution in [0.25, 0.3) is 0 Å². The van der Waals surface area contributed by atoms with Crippen LogP contribution in [0.3, 0.4) is 0 Å². The highest BCUT2D eigenvalue weighted by Crippen LogP contribution is 2.30. The molecule has 0 spiro atoms. The lowest BCUT2D eigenvalue weighted by atomic mass is 10.2. The van der Waals surface area contributed by atoms with Crippen LogP contribution in [0.5, 0.6) is 0 Å². The summed E-state index contributed by atoms with van der Waals surface area (Å²) < 4.78 is 0. The number of carbonyl (C=O) groups is 1. The first kappa shape index (κ1) is 8.97. The van der Waals surface area contributed by atoms with E-state index >= 15 is 0 Å². The van der Waals surface area contributed by atoms with Crippen molar-refractivity contribution in [2.24, 2.45) is 5.92 Å². The van der Waals surface area contributed by atoms with E-state index in [9.17, 15) is 4.79 Å². The molecule has 2 aliphatic rings. The summed E-state index contributed by atoms with van der Waals surface area (Å²) in [4.78, 5) is 13.0. The van der Waals surface area contributed by atoms with Crippen molar-refractivity contribution in [1.29, 1.82) is 0 Å². The number of hydrogen-bond donors (Lipinski definition) is 2. The van der Waals surface area contributed by atoms with Gasteiger partial charge in [-0.3, -0.25) is 9.69 Å². The Bertz CT molecular complexity index is 204. The highest BCUT2D eigenvalue weighted by molar-refractivity contribution is 5.73. The van der Waals surface area contributed by atoms with Crippen LogP contribution in [-0.2, 0) is 4.79 Å². The van der Waals surface area contributed by atoms with Crippen LogP contribution < -0.4 is 5.32 Å². The van der Waals surface area contributed by atoms with E-state index in [1.165, 1.54) is 12.8 Å². The van der Waals surface area contributed by atoms with Crippen LogP contribution in [0.2, 0.25) is 0 Å². The van der Waals surface area contributed by atoms with Gasteiger partial charge in [0.05, 0.1) is 0 Å². The minimum Gasteiger partial charge on any atom is -0.480 e. The van der Waals surface area contributed by atoms with Gasteiger partial charge in [0.1, 0.15) is 6.04 Å². The molecular weight excluding hydrogens is 168 g/mol. The third kappa shape index (κ3) is 2.19. The number of hydrogen-bond acceptors (Lipinski definition) is 3. The summed E-state index contributed by atoms with van der Waals surface area (Å²) in [7, 11) is 0. The number of piperazine rings is 1. The van der Waals surface area contributed by atoms with Crippen molar-refractivity contribution in [1.82, 2.24) is 10.2 Å². The predicted molar refractivity (Wildman–Crippen MR) is 48.6 cm³/mol. The van der Waals surface area contributed by atoms with Crippen LogP contribution in [-0.4, -0.2) is 48.2 Å². The number of nitrogens with one attached hydrogen (secondary N) is 1. The maximum absolute atomic E-state index is 10.9. The van der Waals surface area contributed by atoms with E-state index in [-0.39, 0.29) is 6.04 Å². The standard InChI is InChI=1S/C9H16N2O2/c12-9(13)8-5-10-3-4-11(8)6-7-1-2-7/h7-8,10H,1-6H2,(H,12,13). The van der Waals surface area contributed by atoms with E-state index in [1.807, 2.05) is 0 Å². The molecule has 1 heterocycles. The molecular formula is C9H16N2O2. The molecule has 1 saturated carbocycles. The van der Waals surface area contributed by atoms with Crippen molar-refractivity contribution >= 4 is 5.97 Å². The maximum atomic E-state index is 10.9. The molecule has 4 nitrogen and oxygen atoms in total. The van der Waals surface area contributed by atoms with Gasteiger partial charge in [0, 0.05) is 26.2 Å². The van der Waals surface area contributed by atoms with Gasteiger partial charge in [0.15, 0.2) is 0 Å². The summed E-state index contributed by atoms with van der Waals surface area (Å²) >= 11 is 0. The second-order valence-electron chi connectivity index (χ2n) is 4.00. The van der Waals surface area contributed by atoms with E-state index in [4.69, 9.17) is 5.11 Å². The minimum atomic E-state index is -0.687. The van der Waals surface area contributed by atoms with Crippen molar-refractivity contribution in [3.63, 3.8) is 0 Å². The summed E-state index contributed by atoms with van der Waals surface area (Å²) in [5, 5.41) is 12.1. The summed E-state index contributed by atoms with van der Waals surface area (Å²) in [5.41, 5.74) is 0. The minimum absolute atomic E-state index is 0.297. The molecule has 0 bridgehead atoms. The van der Waals surface area contributed by atoms with Crippen LogP contribution >= 0.6 is 0 Å². The lowest BCUT2D eigenvalue weighted by Gasteiger charge is -2.33. The summed E-state index contributed by atoms with van der Waals surface area (Å²) in [5.74, 6) is 0.0906. The highest BCUT2D eigenvalue weighted by Gasteiger charge is 2.32. The Morgan fingerprint density at radius 1 is 1.54 bits per heavy atom. The SMILES string of the molecule is O=C(O)C1CNCCN1CC1CC1. The number of rotatable bonds is 3. The second kappa shape index (κ2) is 3.64. The molecule has 13 heavy (non-hydrogen) atoms. The van der Waals surface area contributed by atoms with Gasteiger partial charge in [-0.1, -0.05) is 0 Å². The summed E-state index contributed by atoms with van der Waals surface area (Å²) in [6.07, 6.45) is 2.58. The first-order valence-corrected chi connectivity index (χ1v) is 4.95. The molecule has 0 aromatic heterocycles. The monoisotopic (exact) mass is 184 g/mol. The van der Waals surface area contributed by atoms with Gasteiger partial charge < -0.3 is 10.4 Å².